The van der Waals surface area contributed by atoms with Crippen molar-refractivity contribution in [1.82, 2.24) is 24.9 Å². The lowest BCUT2D eigenvalue weighted by Crippen LogP contribution is -2.54. The molecule has 3 fully saturated rings. The maximum absolute atomic E-state index is 12.7. The fourth-order valence-electron chi connectivity index (χ4n) is 4.55. The van der Waals surface area contributed by atoms with E-state index in [1.165, 1.54) is 39.0 Å². The van der Waals surface area contributed by atoms with Crippen LogP contribution >= 0.6 is 0 Å². The number of hydrogen-bond acceptors (Lipinski definition) is 5. The Kier molecular flexibility index (Phi) is 7.73. The normalized spacial score (nSPS) is 25.1. The molecule has 0 aromatic rings. The second-order valence-corrected chi connectivity index (χ2v) is 8.85. The third-order valence-electron chi connectivity index (χ3n) is 6.15. The number of hydrogen-bond donors (Lipinski definition) is 1. The lowest BCUT2D eigenvalue weighted by Gasteiger charge is -2.39. The highest BCUT2D eigenvalue weighted by atomic mass is 16.2. The molecule has 3 saturated heterocycles. The zero-order chi connectivity index (χ0) is 18.4. The Morgan fingerprint density at radius 3 is 2.08 bits per heavy atom. The highest BCUT2D eigenvalue weighted by Crippen LogP contribution is 2.15. The summed E-state index contributed by atoms with van der Waals surface area (Å²) in [4.78, 5) is 22.2. The molecular formula is C20H39N5O. The average Bonchev–Trinajstić information content (AvgIpc) is 2.64. The van der Waals surface area contributed by atoms with E-state index in [4.69, 9.17) is 0 Å². The summed E-state index contributed by atoms with van der Waals surface area (Å²) in [7, 11) is 0. The van der Waals surface area contributed by atoms with Crippen LogP contribution in [0.15, 0.2) is 0 Å². The minimum atomic E-state index is 0.337. The van der Waals surface area contributed by atoms with Crippen LogP contribution < -0.4 is 5.32 Å². The van der Waals surface area contributed by atoms with E-state index in [2.05, 4.69) is 38.8 Å². The first-order valence-corrected chi connectivity index (χ1v) is 10.8. The van der Waals surface area contributed by atoms with Crippen LogP contribution in [0, 0.1) is 11.8 Å². The molecule has 0 aromatic carbocycles. The molecular weight excluding hydrogens is 326 g/mol. The van der Waals surface area contributed by atoms with Gasteiger partial charge in [0.15, 0.2) is 0 Å². The van der Waals surface area contributed by atoms with Crippen molar-refractivity contribution in [3.63, 3.8) is 0 Å². The fourth-order valence-corrected chi connectivity index (χ4v) is 4.55. The molecule has 0 radical (unpaired) electrons. The maximum atomic E-state index is 12.7. The first-order valence-electron chi connectivity index (χ1n) is 10.8. The van der Waals surface area contributed by atoms with Gasteiger partial charge in [-0.25, -0.2) is 0 Å². The van der Waals surface area contributed by atoms with Gasteiger partial charge in [-0.3, -0.25) is 14.6 Å². The van der Waals surface area contributed by atoms with E-state index in [1.807, 2.05) is 0 Å². The fraction of sp³-hybridized carbons (Fsp3) is 0.950. The van der Waals surface area contributed by atoms with Crippen molar-refractivity contribution in [2.45, 2.75) is 26.7 Å². The first-order chi connectivity index (χ1) is 12.6. The van der Waals surface area contributed by atoms with E-state index in [9.17, 15) is 4.79 Å². The molecule has 1 amide bonds. The van der Waals surface area contributed by atoms with E-state index >= 15 is 0 Å². The second-order valence-electron chi connectivity index (χ2n) is 8.85. The number of piperidine rings is 1. The Labute approximate surface area is 159 Å². The zero-order valence-corrected chi connectivity index (χ0v) is 17.0. The molecule has 3 aliphatic rings. The van der Waals surface area contributed by atoms with Crippen molar-refractivity contribution in [2.24, 2.45) is 11.8 Å². The van der Waals surface area contributed by atoms with Crippen molar-refractivity contribution in [3.8, 4) is 0 Å². The third-order valence-corrected chi connectivity index (χ3v) is 6.15. The van der Waals surface area contributed by atoms with Gasteiger partial charge in [0.2, 0.25) is 5.91 Å². The summed E-state index contributed by atoms with van der Waals surface area (Å²) in [6, 6.07) is 0. The summed E-state index contributed by atoms with van der Waals surface area (Å²) in [5, 5.41) is 3.45. The lowest BCUT2D eigenvalue weighted by atomic mass is 9.97. The van der Waals surface area contributed by atoms with Gasteiger partial charge in [0.25, 0.3) is 0 Å². The standard InChI is InChI=1S/C20H39N5O/c1-18(2)15-22-7-9-24(10-8-22)17-20(26)25-13-11-23(12-14-25)16-19-3-5-21-6-4-19/h18-19,21H,3-17H2,1-2H3. The summed E-state index contributed by atoms with van der Waals surface area (Å²) < 4.78 is 0. The summed E-state index contributed by atoms with van der Waals surface area (Å²) in [5.41, 5.74) is 0. The third kappa shape index (κ3) is 6.19. The minimum absolute atomic E-state index is 0.337. The molecule has 3 rings (SSSR count). The highest BCUT2D eigenvalue weighted by molar-refractivity contribution is 5.78. The summed E-state index contributed by atoms with van der Waals surface area (Å²) >= 11 is 0. The van der Waals surface area contributed by atoms with Crippen LogP contribution in [-0.2, 0) is 4.79 Å². The summed E-state index contributed by atoms with van der Waals surface area (Å²) in [6.45, 7) is 18.1. The topological polar surface area (TPSA) is 42.1 Å². The van der Waals surface area contributed by atoms with E-state index < -0.39 is 0 Å². The van der Waals surface area contributed by atoms with Gasteiger partial charge in [0.05, 0.1) is 6.54 Å². The zero-order valence-electron chi connectivity index (χ0n) is 17.0. The molecule has 0 bridgehead atoms. The molecule has 0 atom stereocenters. The quantitative estimate of drug-likeness (QED) is 0.738. The molecule has 26 heavy (non-hydrogen) atoms. The van der Waals surface area contributed by atoms with Gasteiger partial charge in [-0.15, -0.1) is 0 Å². The molecule has 0 saturated carbocycles. The molecule has 6 heteroatoms. The largest absolute Gasteiger partial charge is 0.339 e. The molecule has 150 valence electrons. The molecule has 3 heterocycles. The number of carbonyl (C=O) groups is 1. The minimum Gasteiger partial charge on any atom is -0.339 e. The van der Waals surface area contributed by atoms with Crippen LogP contribution in [0.25, 0.3) is 0 Å². The van der Waals surface area contributed by atoms with Crippen LogP contribution in [0.5, 0.6) is 0 Å². The molecule has 0 aliphatic carbocycles. The average molecular weight is 366 g/mol. The van der Waals surface area contributed by atoms with Crippen LogP contribution in [0.4, 0.5) is 0 Å². The number of amides is 1. The summed E-state index contributed by atoms with van der Waals surface area (Å²) in [6.07, 6.45) is 2.61. The van der Waals surface area contributed by atoms with Crippen molar-refractivity contribution < 1.29 is 4.79 Å². The smallest absolute Gasteiger partial charge is 0.236 e. The predicted molar refractivity (Wildman–Crippen MR) is 106 cm³/mol. The Morgan fingerprint density at radius 1 is 0.885 bits per heavy atom. The molecule has 1 N–H and O–H groups in total. The van der Waals surface area contributed by atoms with E-state index in [1.54, 1.807) is 0 Å². The SMILES string of the molecule is CC(C)CN1CCN(CC(=O)N2CCN(CC3CCNCC3)CC2)CC1. The predicted octanol–water partition coefficient (Wildman–Crippen LogP) is 0.404. The second kappa shape index (κ2) is 10.0. The Hall–Kier alpha value is -0.690. The monoisotopic (exact) mass is 365 g/mol. The van der Waals surface area contributed by atoms with Crippen molar-refractivity contribution in [3.05, 3.63) is 0 Å². The van der Waals surface area contributed by atoms with Gasteiger partial charge >= 0.3 is 0 Å². The summed E-state index contributed by atoms with van der Waals surface area (Å²) in [5.74, 6) is 1.91. The lowest BCUT2D eigenvalue weighted by molar-refractivity contribution is -0.134. The first kappa shape index (κ1) is 20.1. The van der Waals surface area contributed by atoms with Gasteiger partial charge in [-0.1, -0.05) is 13.8 Å². The number of carbonyl (C=O) groups excluding carboxylic acids is 1. The van der Waals surface area contributed by atoms with E-state index in [0.717, 1.165) is 64.2 Å². The van der Waals surface area contributed by atoms with Crippen LogP contribution in [0.3, 0.4) is 0 Å². The molecule has 0 unspecified atom stereocenters. The van der Waals surface area contributed by atoms with Crippen LogP contribution in [0.2, 0.25) is 0 Å². The Morgan fingerprint density at radius 2 is 1.46 bits per heavy atom. The molecule has 0 spiro atoms. The van der Waals surface area contributed by atoms with Gasteiger partial charge in [-0.2, -0.15) is 0 Å². The van der Waals surface area contributed by atoms with Gasteiger partial charge in [0.1, 0.15) is 0 Å². The Balaban J connectivity index is 1.32. The van der Waals surface area contributed by atoms with E-state index in [-0.39, 0.29) is 0 Å². The Bertz CT molecular complexity index is 422. The van der Waals surface area contributed by atoms with Crippen LogP contribution in [-0.4, -0.2) is 111 Å². The van der Waals surface area contributed by atoms with Crippen molar-refractivity contribution in [1.29, 1.82) is 0 Å². The van der Waals surface area contributed by atoms with Gasteiger partial charge in [-0.05, 0) is 37.8 Å². The van der Waals surface area contributed by atoms with Crippen molar-refractivity contribution in [2.75, 3.05) is 85.1 Å². The molecule has 3 aliphatic heterocycles. The highest BCUT2D eigenvalue weighted by Gasteiger charge is 2.26. The van der Waals surface area contributed by atoms with Crippen molar-refractivity contribution >= 4 is 5.91 Å². The van der Waals surface area contributed by atoms with E-state index in [0.29, 0.717) is 12.5 Å². The van der Waals surface area contributed by atoms with Crippen LogP contribution in [0.1, 0.15) is 26.7 Å². The number of nitrogens with one attached hydrogen (secondary N) is 1. The number of nitrogens with zero attached hydrogens (tertiary/aromatic N) is 4. The number of rotatable bonds is 6. The maximum Gasteiger partial charge on any atom is 0.236 e. The molecule has 6 nitrogen and oxygen atoms in total. The number of piperazine rings is 2. The van der Waals surface area contributed by atoms with Gasteiger partial charge < -0.3 is 15.1 Å². The van der Waals surface area contributed by atoms with Gasteiger partial charge in [0, 0.05) is 65.4 Å². The molecule has 0 aromatic heterocycles.